The third-order valence-electron chi connectivity index (χ3n) is 13.1. The van der Waals surface area contributed by atoms with E-state index < -0.39 is 0 Å². The molecule has 9 aromatic carbocycles. The van der Waals surface area contributed by atoms with Gasteiger partial charge in [0.15, 0.2) is 0 Å². The molecule has 0 fully saturated rings. The predicted octanol–water partition coefficient (Wildman–Crippen LogP) is 16.1. The maximum absolute atomic E-state index is 6.37. The van der Waals surface area contributed by atoms with Crippen molar-refractivity contribution in [1.82, 2.24) is 14.1 Å². The molecule has 0 bridgehead atoms. The Balaban J connectivity index is 0.976. The van der Waals surface area contributed by atoms with Crippen LogP contribution in [0.15, 0.2) is 221 Å². The minimum Gasteiger partial charge on any atom is -0.456 e. The lowest BCUT2D eigenvalue weighted by Crippen LogP contribution is -2.01. The van der Waals surface area contributed by atoms with Crippen molar-refractivity contribution in [3.8, 4) is 45.0 Å². The molecule has 5 heteroatoms. The number of rotatable bonds is 5. The van der Waals surface area contributed by atoms with Crippen LogP contribution in [0.25, 0.3) is 133 Å². The van der Waals surface area contributed by atoms with Crippen LogP contribution in [0, 0.1) is 0 Å². The number of benzene rings is 9. The van der Waals surface area contributed by atoms with Crippen LogP contribution in [-0.2, 0) is 0 Å². The van der Waals surface area contributed by atoms with Crippen LogP contribution < -0.4 is 0 Å². The number of fused-ring (bicyclic) bond motifs is 13. The van der Waals surface area contributed by atoms with Crippen molar-refractivity contribution < 1.29 is 8.83 Å². The first-order valence-corrected chi connectivity index (χ1v) is 21.7. The maximum Gasteiger partial charge on any atom is 0.138 e. The summed E-state index contributed by atoms with van der Waals surface area (Å²) >= 11 is 0. The summed E-state index contributed by atoms with van der Waals surface area (Å²) < 4.78 is 17.4. The second-order valence-electron chi connectivity index (χ2n) is 16.7. The molecule has 5 nitrogen and oxygen atoms in total. The van der Waals surface area contributed by atoms with E-state index in [4.69, 9.17) is 13.8 Å². The highest BCUT2D eigenvalue weighted by Gasteiger charge is 2.22. The molecular formula is C59H35N3O2. The smallest absolute Gasteiger partial charge is 0.138 e. The quantitative estimate of drug-likeness (QED) is 0.174. The van der Waals surface area contributed by atoms with Crippen LogP contribution >= 0.6 is 0 Å². The van der Waals surface area contributed by atoms with E-state index in [1.165, 1.54) is 32.7 Å². The Kier molecular flexibility index (Phi) is 7.33. The third-order valence-corrected chi connectivity index (χ3v) is 13.1. The van der Waals surface area contributed by atoms with Crippen molar-refractivity contribution in [2.24, 2.45) is 0 Å². The van der Waals surface area contributed by atoms with Crippen molar-refractivity contribution in [3.63, 3.8) is 0 Å². The Morgan fingerprint density at radius 1 is 0.297 bits per heavy atom. The molecule has 0 radical (unpaired) electrons. The van der Waals surface area contributed by atoms with Crippen molar-refractivity contribution in [2.45, 2.75) is 0 Å². The number of furan rings is 2. The second kappa shape index (κ2) is 13.4. The summed E-state index contributed by atoms with van der Waals surface area (Å²) in [5, 5.41) is 9.14. The van der Waals surface area contributed by atoms with Gasteiger partial charge in [0.25, 0.3) is 0 Å². The Morgan fingerprint density at radius 2 is 0.797 bits per heavy atom. The molecule has 0 aliphatic rings. The number of aromatic nitrogens is 3. The fraction of sp³-hybridized carbons (Fsp3) is 0. The average Bonchev–Trinajstić information content (AvgIpc) is 4.11. The molecule has 0 unspecified atom stereocenters. The fourth-order valence-corrected chi connectivity index (χ4v) is 10.2. The maximum atomic E-state index is 6.37. The highest BCUT2D eigenvalue weighted by molar-refractivity contribution is 6.24. The Morgan fingerprint density at radius 3 is 1.52 bits per heavy atom. The molecule has 0 amide bonds. The number of hydrogen-bond donors (Lipinski definition) is 0. The van der Waals surface area contributed by atoms with E-state index in [9.17, 15) is 0 Å². The zero-order valence-corrected chi connectivity index (χ0v) is 34.4. The van der Waals surface area contributed by atoms with Gasteiger partial charge in [0.05, 0.1) is 27.8 Å². The number of pyridine rings is 1. The van der Waals surface area contributed by atoms with Gasteiger partial charge in [-0.05, 0) is 107 Å². The Labute approximate surface area is 366 Å². The number of hydrogen-bond acceptors (Lipinski definition) is 3. The minimum absolute atomic E-state index is 0.856. The minimum atomic E-state index is 0.856. The molecule has 0 aliphatic heterocycles. The average molecular weight is 818 g/mol. The first kappa shape index (κ1) is 35.0. The lowest BCUT2D eigenvalue weighted by Gasteiger charge is -2.14. The highest BCUT2D eigenvalue weighted by Crippen LogP contribution is 2.43. The largest absolute Gasteiger partial charge is 0.456 e. The van der Waals surface area contributed by atoms with E-state index in [0.29, 0.717) is 0 Å². The summed E-state index contributed by atoms with van der Waals surface area (Å²) in [6, 6.07) is 75.5. The molecule has 0 saturated carbocycles. The van der Waals surface area contributed by atoms with Crippen molar-refractivity contribution in [1.29, 1.82) is 0 Å². The summed E-state index contributed by atoms with van der Waals surface area (Å²) in [7, 11) is 0. The first-order chi connectivity index (χ1) is 31.7. The fourth-order valence-electron chi connectivity index (χ4n) is 10.2. The topological polar surface area (TPSA) is 49.0 Å². The van der Waals surface area contributed by atoms with Gasteiger partial charge in [-0.2, -0.15) is 0 Å². The van der Waals surface area contributed by atoms with Gasteiger partial charge in [0.1, 0.15) is 28.1 Å². The van der Waals surface area contributed by atoms with Gasteiger partial charge in [-0.15, -0.1) is 0 Å². The van der Waals surface area contributed by atoms with E-state index >= 15 is 0 Å². The van der Waals surface area contributed by atoms with Crippen molar-refractivity contribution >= 4 is 87.5 Å². The molecular weight excluding hydrogens is 783 g/mol. The molecule has 298 valence electrons. The Hall–Kier alpha value is -8.67. The summed E-state index contributed by atoms with van der Waals surface area (Å²) in [5.41, 5.74) is 15.7. The molecule has 0 saturated heterocycles. The van der Waals surface area contributed by atoms with Gasteiger partial charge in [-0.25, -0.2) is 4.98 Å². The molecule has 0 atom stereocenters. The van der Waals surface area contributed by atoms with Gasteiger partial charge in [0.2, 0.25) is 0 Å². The van der Waals surface area contributed by atoms with Crippen LogP contribution in [0.3, 0.4) is 0 Å². The number of nitrogens with zero attached hydrogens (tertiary/aromatic N) is 3. The van der Waals surface area contributed by atoms with Gasteiger partial charge < -0.3 is 13.4 Å². The Bertz CT molecular complexity index is 4200. The number of para-hydroxylation sites is 3. The summed E-state index contributed by atoms with van der Waals surface area (Å²) in [6.45, 7) is 0. The zero-order valence-electron chi connectivity index (χ0n) is 34.4. The SMILES string of the molecule is c1ccc(-c2ccc3oc4ccc(-c5cccc(-n6c7ccccc7c7ccc8c9ccccc9n(-c9cccc(-c%10ccc%11oc%12ccccc%12c%11c%10)n9)c8c76)c5)cc4c3c2)cc1. The first-order valence-electron chi connectivity index (χ1n) is 21.7. The third kappa shape index (κ3) is 5.15. The lowest BCUT2D eigenvalue weighted by atomic mass is 10.00. The lowest BCUT2D eigenvalue weighted by molar-refractivity contribution is 0.668. The van der Waals surface area contributed by atoms with Crippen LogP contribution in [0.2, 0.25) is 0 Å². The van der Waals surface area contributed by atoms with Crippen LogP contribution in [0.4, 0.5) is 0 Å². The normalized spacial score (nSPS) is 12.1. The molecule has 5 aromatic heterocycles. The van der Waals surface area contributed by atoms with Gasteiger partial charge in [0, 0.05) is 54.3 Å². The van der Waals surface area contributed by atoms with E-state index in [0.717, 1.165) is 99.8 Å². The van der Waals surface area contributed by atoms with Gasteiger partial charge >= 0.3 is 0 Å². The van der Waals surface area contributed by atoms with Crippen LogP contribution in [0.1, 0.15) is 0 Å². The summed E-state index contributed by atoms with van der Waals surface area (Å²) in [4.78, 5) is 5.45. The molecule has 0 N–H and O–H groups in total. The van der Waals surface area contributed by atoms with Crippen LogP contribution in [0.5, 0.6) is 0 Å². The van der Waals surface area contributed by atoms with Crippen molar-refractivity contribution in [2.75, 3.05) is 0 Å². The predicted molar refractivity (Wildman–Crippen MR) is 264 cm³/mol. The van der Waals surface area contributed by atoms with Gasteiger partial charge in [-0.3, -0.25) is 4.57 Å². The van der Waals surface area contributed by atoms with Crippen LogP contribution in [-0.4, -0.2) is 14.1 Å². The van der Waals surface area contributed by atoms with E-state index in [1.807, 2.05) is 12.1 Å². The summed E-state index contributed by atoms with van der Waals surface area (Å²) in [5.74, 6) is 0.856. The molecule has 0 spiro atoms. The van der Waals surface area contributed by atoms with E-state index in [2.05, 4.69) is 209 Å². The molecule has 14 rings (SSSR count). The molecule has 0 aliphatic carbocycles. The highest BCUT2D eigenvalue weighted by atomic mass is 16.3. The standard InChI is InChI=1S/C59H35N3O2/c1-2-12-36(13-3-1)38-24-29-55-48(33-38)49-34-39(25-30-56(49)64-55)37-14-10-15-41(32-37)61-51-20-7-4-16-42(51)45-27-28-46-43-17-5-8-21-52(43)62(59(46)58(45)61)57-23-11-19-50(60-57)40-26-31-54-47(35-40)44-18-6-9-22-53(44)63-54/h1-35H. The second-order valence-corrected chi connectivity index (χ2v) is 16.7. The van der Waals surface area contributed by atoms with E-state index in [-0.39, 0.29) is 0 Å². The van der Waals surface area contributed by atoms with Gasteiger partial charge in [-0.1, -0.05) is 127 Å². The van der Waals surface area contributed by atoms with Crippen molar-refractivity contribution in [3.05, 3.63) is 212 Å². The monoisotopic (exact) mass is 817 g/mol. The zero-order chi connectivity index (χ0) is 41.9. The molecule has 64 heavy (non-hydrogen) atoms. The molecule has 14 aromatic rings. The van der Waals surface area contributed by atoms with E-state index in [1.54, 1.807) is 0 Å². The molecule has 5 heterocycles. The summed E-state index contributed by atoms with van der Waals surface area (Å²) in [6.07, 6.45) is 0.